The van der Waals surface area contributed by atoms with Crippen LogP contribution in [-0.4, -0.2) is 134 Å². The van der Waals surface area contributed by atoms with E-state index < -0.39 is 217 Å². The summed E-state index contributed by atoms with van der Waals surface area (Å²) in [7, 11) is -38.3. The van der Waals surface area contributed by atoms with Crippen molar-refractivity contribution in [1.82, 2.24) is 29.9 Å². The molecule has 472 valence electrons. The minimum atomic E-state index is -5.72. The van der Waals surface area contributed by atoms with Crippen molar-refractivity contribution in [2.75, 3.05) is 34.4 Å². The maximum absolute atomic E-state index is 14.4. The van der Waals surface area contributed by atoms with E-state index in [-0.39, 0.29) is 220 Å². The molecule has 0 bridgehead atoms. The molecule has 2 heterocycles. The minimum Gasteiger partial charge on any atom is -0.870 e. The Bertz CT molecular complexity index is 5530. The van der Waals surface area contributed by atoms with E-state index in [2.05, 4.69) is 71.6 Å². The van der Waals surface area contributed by atoms with Crippen molar-refractivity contribution in [3.8, 4) is 11.5 Å². The number of aromatic nitrogens is 6. The van der Waals surface area contributed by atoms with Crippen LogP contribution in [-0.2, 0) is 70.8 Å². The van der Waals surface area contributed by atoms with Gasteiger partial charge in [-0.25, -0.2) is 42.1 Å². The molecule has 0 atom stereocenters. The van der Waals surface area contributed by atoms with Crippen LogP contribution in [0, 0.1) is 0 Å². The third kappa shape index (κ3) is 21.9. The first-order chi connectivity index (χ1) is 41.7. The van der Waals surface area contributed by atoms with Crippen LogP contribution in [0.15, 0.2) is 146 Å². The zero-order valence-corrected chi connectivity index (χ0v) is 71.4. The van der Waals surface area contributed by atoms with E-state index in [1.807, 2.05) is 0 Å². The Morgan fingerprint density at radius 1 is 0.402 bits per heavy atom. The van der Waals surface area contributed by atoms with E-state index in [9.17, 15) is 101 Å². The molecule has 0 unspecified atom stereocenters. The maximum Gasteiger partial charge on any atom is 1.00 e. The Morgan fingerprint density at radius 3 is 1.23 bits per heavy atom. The summed E-state index contributed by atoms with van der Waals surface area (Å²) in [4.78, 5) is 15.4. The van der Waals surface area contributed by atoms with E-state index >= 15 is 0 Å². The average molecular weight is 1570 g/mol. The summed E-state index contributed by atoms with van der Waals surface area (Å²) < 4.78 is 254. The van der Waals surface area contributed by atoms with Gasteiger partial charge in [0.15, 0.2) is 0 Å². The van der Waals surface area contributed by atoms with Crippen LogP contribution < -0.4 is 238 Å². The fourth-order valence-electron chi connectivity index (χ4n) is 8.33. The van der Waals surface area contributed by atoms with E-state index in [1.165, 1.54) is 6.07 Å². The summed E-state index contributed by atoms with van der Waals surface area (Å²) >= 11 is 12.3. The molecule has 0 saturated carbocycles. The number of nitrogens with zero attached hydrogens (tertiary/aromatic N) is 10. The molecule has 0 amide bonds. The zero-order chi connectivity index (χ0) is 66.0. The fraction of sp³-hybridized carbons (Fsp3) is 0.0455. The van der Waals surface area contributed by atoms with Crippen LogP contribution in [0.4, 0.5) is 57.9 Å². The van der Waals surface area contributed by atoms with Gasteiger partial charge in [0.05, 0.1) is 35.9 Å². The number of fused-ring (bicyclic) bond motifs is 3. The number of benzene rings is 7. The Balaban J connectivity index is 0.00000457. The van der Waals surface area contributed by atoms with Crippen LogP contribution in [0.3, 0.4) is 0 Å². The van der Waals surface area contributed by atoms with E-state index in [0.29, 0.717) is 42.5 Å². The molecule has 9 aromatic rings. The number of nitrogens with one attached hydrogen (secondary N) is 4. The Morgan fingerprint density at radius 2 is 0.804 bits per heavy atom. The smallest absolute Gasteiger partial charge is 0.870 e. The number of anilines is 6. The van der Waals surface area contributed by atoms with Crippen molar-refractivity contribution in [2.45, 2.75) is 34.3 Å². The van der Waals surface area contributed by atoms with Crippen molar-refractivity contribution in [2.24, 2.45) is 20.5 Å². The van der Waals surface area contributed by atoms with Crippen LogP contribution in [0.2, 0.25) is 10.6 Å². The first-order valence-electron chi connectivity index (χ1n) is 23.4. The number of hydrogen-bond donors (Lipinski definition) is 6. The van der Waals surface area contributed by atoms with Gasteiger partial charge < -0.3 is 54.2 Å². The van der Waals surface area contributed by atoms with Crippen LogP contribution in [0.1, 0.15) is 0 Å². The van der Waals surface area contributed by atoms with Gasteiger partial charge in [0, 0.05) is 35.2 Å². The molecule has 53 heteroatoms. The van der Waals surface area contributed by atoms with Gasteiger partial charge in [-0.3, -0.25) is 9.11 Å². The van der Waals surface area contributed by atoms with Gasteiger partial charge in [0.1, 0.15) is 71.8 Å². The van der Waals surface area contributed by atoms with Gasteiger partial charge in [-0.05, 0) is 105 Å². The number of halogens is 2. The van der Waals surface area contributed by atoms with Gasteiger partial charge in [0.2, 0.25) is 34.4 Å². The second kappa shape index (κ2) is 35.4. The molecule has 0 fully saturated rings. The molecule has 0 saturated heterocycles. The van der Waals surface area contributed by atoms with Gasteiger partial charge >= 0.3 is 207 Å². The zero-order valence-electron chi connectivity index (χ0n) is 50.1. The first-order valence-corrected chi connectivity index (χ1v) is 34.1. The van der Waals surface area contributed by atoms with Gasteiger partial charge in [0.25, 0.3) is 20.2 Å². The predicted molar refractivity (Wildman–Crippen MR) is 298 cm³/mol. The normalized spacial score (nSPS) is 12.1. The standard InChI is InChI=1S/C44H32Cl2N14O23S7.7Na/c45-39-51-41(55-43(53-39)49-26-16-20(84(63,64)65)12-18-14-30(88(75,76)77)34(36(61)32(18)26)59-57-24-5-1-2-6-29(24)87(72,73)74)47-10-11-48-42-52-40(46)54-44(56-42)50-27-17-21(85(66,67)68)13-19-15-31(89(78,79)80)35(37(62)33(19)27)60-58-25-9-8-22-23(38(25)90(81,82)83)4-3-7-28(22)86(69,70)71;;;;;;;/h1-9,12-17,61-62H,10-11H2,(H,63,64,65)(H,66,67,68)(H,69,70,71)(H,72,73,74)(H,75,76,77)(H,78,79,80)(H,81,82,83)(H2,47,49,51,53,55)(H2,48,50,52,54,56);;;;;;;/q;7*+1/p-7. The third-order valence-corrected chi connectivity index (χ3v) is 18.3. The molecule has 0 aliphatic heterocycles. The summed E-state index contributed by atoms with van der Waals surface area (Å²) in [5.74, 6) is -5.13. The molecule has 0 aliphatic rings. The molecule has 9 rings (SSSR count). The molecule has 0 radical (unpaired) electrons. The predicted octanol–water partition coefficient (Wildman–Crippen LogP) is -17.1. The van der Waals surface area contributed by atoms with Crippen molar-refractivity contribution in [3.63, 3.8) is 0 Å². The second-order valence-corrected chi connectivity index (χ2v) is 27.9. The molecule has 0 spiro atoms. The van der Waals surface area contributed by atoms with E-state index in [1.54, 1.807) is 0 Å². The number of hydrogen-bond acceptors (Lipinski definition) is 35. The average Bonchev–Trinajstić information content (AvgIpc) is 0.759. The maximum atomic E-state index is 14.4. The summed E-state index contributed by atoms with van der Waals surface area (Å²) in [6.07, 6.45) is 0. The van der Waals surface area contributed by atoms with Crippen LogP contribution in [0.25, 0.3) is 32.3 Å². The first kappa shape index (κ1) is 91.4. The molecular formula is C44H25Cl2N14Na7O23S7. The number of rotatable bonds is 20. The summed E-state index contributed by atoms with van der Waals surface area (Å²) in [5.41, 5.74) is -5.57. The van der Waals surface area contributed by atoms with E-state index in [4.69, 9.17) is 23.2 Å². The fourth-order valence-corrected chi connectivity index (χ4v) is 13.1. The van der Waals surface area contributed by atoms with Crippen molar-refractivity contribution < 1.29 is 308 Å². The minimum absolute atomic E-state index is 0. The quantitative estimate of drug-likeness (QED) is 0.0179. The van der Waals surface area contributed by atoms with Crippen LogP contribution in [0.5, 0.6) is 11.5 Å². The van der Waals surface area contributed by atoms with Crippen molar-refractivity contribution in [1.29, 1.82) is 0 Å². The molecule has 37 nitrogen and oxygen atoms in total. The monoisotopic (exact) mass is 1570 g/mol. The molecule has 0 aliphatic carbocycles. The Labute approximate surface area is 712 Å². The molecule has 97 heavy (non-hydrogen) atoms. The molecule has 6 N–H and O–H groups in total. The van der Waals surface area contributed by atoms with Gasteiger partial charge in [-0.2, -0.15) is 46.7 Å². The summed E-state index contributed by atoms with van der Waals surface area (Å²) in [5, 5.41) is 47.7. The van der Waals surface area contributed by atoms with E-state index in [0.717, 1.165) is 42.5 Å². The van der Waals surface area contributed by atoms with Crippen molar-refractivity contribution >= 4 is 184 Å². The number of azo groups is 2. The SMILES string of the molecule is O=S(=O)([O-])c1cc(Nc2nc(Cl)nc(NCCNc3nc(Cl)nc(Nc4cc(S(=O)(=O)[O-])cc5cc(S(=O)(=O)O)c(N=Nc6ccc7c(S(=O)(=O)[O-])cccc7c6S(=O)(=O)O)c([O-])c45)n3)n2)c2c([O-])c(N=Nc3ccccc3S(=O)(=O)[O-])c(S(=O)(=O)[O-])cc2c1.[Na+].[Na+].[Na+].[Na+].[Na+].[Na+].[Na+]. The van der Waals surface area contributed by atoms with Crippen molar-refractivity contribution in [3.05, 3.63) is 102 Å². The Kier molecular flexibility index (Phi) is 33.3. The third-order valence-electron chi connectivity index (χ3n) is 11.9. The Hall–Kier alpha value is -1.71. The largest absolute Gasteiger partial charge is 1.00 e. The van der Waals surface area contributed by atoms with Crippen LogP contribution >= 0.6 is 23.2 Å². The topological polar surface area (TPSA) is 616 Å². The molecular weight excluding hydrogens is 1550 g/mol. The second-order valence-electron chi connectivity index (χ2n) is 17.7. The summed E-state index contributed by atoms with van der Waals surface area (Å²) in [6.45, 7) is -0.511. The van der Waals surface area contributed by atoms with Gasteiger partial charge in [-0.1, -0.05) is 41.8 Å². The van der Waals surface area contributed by atoms with Gasteiger partial charge in [-0.15, -0.1) is 20.5 Å². The summed E-state index contributed by atoms with van der Waals surface area (Å²) in [6, 6.07) is 11.5. The molecule has 7 aromatic carbocycles. The molecule has 2 aromatic heterocycles.